The normalized spacial score (nSPS) is 17.0. The number of phenolic OH excluding ortho intramolecular Hbond substituents is 1. The second-order valence-corrected chi connectivity index (χ2v) is 8.65. The van der Waals surface area contributed by atoms with E-state index in [0.29, 0.717) is 55.8 Å². The van der Waals surface area contributed by atoms with Gasteiger partial charge in [0.25, 0.3) is 5.91 Å². The van der Waals surface area contributed by atoms with Crippen LogP contribution in [0.25, 0.3) is 0 Å². The largest absolute Gasteiger partial charge is 0.508 e. The molecule has 9 heteroatoms. The van der Waals surface area contributed by atoms with E-state index in [9.17, 15) is 19.5 Å². The molecule has 1 saturated carbocycles. The highest BCUT2D eigenvalue weighted by molar-refractivity contribution is 6.07. The van der Waals surface area contributed by atoms with Crippen molar-refractivity contribution >= 4 is 17.7 Å². The molecule has 0 spiro atoms. The number of piperidine rings is 1. The van der Waals surface area contributed by atoms with Crippen molar-refractivity contribution in [2.45, 2.75) is 31.8 Å². The number of ether oxygens (including phenoxy) is 2. The second-order valence-electron chi connectivity index (χ2n) is 8.65. The highest BCUT2D eigenvalue weighted by Gasteiger charge is 2.55. The van der Waals surface area contributed by atoms with Gasteiger partial charge in [-0.25, -0.2) is 0 Å². The summed E-state index contributed by atoms with van der Waals surface area (Å²) in [5.74, 6) is 0.110. The summed E-state index contributed by atoms with van der Waals surface area (Å²) < 4.78 is 11.7. The van der Waals surface area contributed by atoms with Crippen molar-refractivity contribution in [1.82, 2.24) is 10.2 Å². The van der Waals surface area contributed by atoms with Crippen LogP contribution in [0.5, 0.6) is 17.2 Å². The van der Waals surface area contributed by atoms with Gasteiger partial charge in [-0.15, -0.1) is 0 Å². The molecule has 0 unspecified atom stereocenters. The third-order valence-electron chi connectivity index (χ3n) is 6.27. The smallest absolute Gasteiger partial charge is 0.257 e. The second kappa shape index (κ2) is 10.0. The zero-order chi connectivity index (χ0) is 24.1. The monoisotopic (exact) mass is 467 g/mol. The number of nitrogens with one attached hydrogen (secondary N) is 1. The number of amides is 3. The molecular weight excluding hydrogens is 438 g/mol. The Morgan fingerprint density at radius 3 is 2.50 bits per heavy atom. The number of aromatic hydroxyl groups is 1. The molecule has 1 heterocycles. The van der Waals surface area contributed by atoms with E-state index in [4.69, 9.17) is 15.2 Å². The van der Waals surface area contributed by atoms with Crippen LogP contribution in [0.4, 0.5) is 0 Å². The fourth-order valence-electron chi connectivity index (χ4n) is 4.07. The van der Waals surface area contributed by atoms with Gasteiger partial charge < -0.3 is 30.5 Å². The van der Waals surface area contributed by atoms with Gasteiger partial charge in [0.05, 0.1) is 12.1 Å². The summed E-state index contributed by atoms with van der Waals surface area (Å²) in [5.41, 5.74) is 4.71. The maximum Gasteiger partial charge on any atom is 0.257 e. The summed E-state index contributed by atoms with van der Waals surface area (Å²) in [7, 11) is 0. The number of phenols is 1. The molecule has 2 aromatic carbocycles. The van der Waals surface area contributed by atoms with E-state index in [0.717, 1.165) is 0 Å². The van der Waals surface area contributed by atoms with Crippen molar-refractivity contribution in [2.75, 3.05) is 26.2 Å². The molecule has 4 rings (SSSR count). The maximum atomic E-state index is 13.1. The lowest BCUT2D eigenvalue weighted by Crippen LogP contribution is -2.42. The molecule has 2 fully saturated rings. The van der Waals surface area contributed by atoms with Crippen LogP contribution in [0.1, 0.15) is 36.0 Å². The van der Waals surface area contributed by atoms with Crippen molar-refractivity contribution in [1.29, 1.82) is 0 Å². The predicted molar refractivity (Wildman–Crippen MR) is 123 cm³/mol. The van der Waals surface area contributed by atoms with Crippen LogP contribution < -0.4 is 20.5 Å². The van der Waals surface area contributed by atoms with Gasteiger partial charge in [0.1, 0.15) is 35.4 Å². The first-order chi connectivity index (χ1) is 16.4. The number of hydrogen-bond acceptors (Lipinski definition) is 6. The predicted octanol–water partition coefficient (Wildman–Crippen LogP) is 1.84. The van der Waals surface area contributed by atoms with Crippen molar-refractivity contribution < 1.29 is 29.0 Å². The Kier molecular flexibility index (Phi) is 6.90. The Hall–Kier alpha value is -3.75. The number of nitrogens with two attached hydrogens (primary N) is 1. The number of primary amides is 1. The van der Waals surface area contributed by atoms with Crippen molar-refractivity contribution in [3.63, 3.8) is 0 Å². The third-order valence-corrected chi connectivity index (χ3v) is 6.27. The summed E-state index contributed by atoms with van der Waals surface area (Å²) >= 11 is 0. The fourth-order valence-corrected chi connectivity index (χ4v) is 4.07. The van der Waals surface area contributed by atoms with Crippen LogP contribution in [0.3, 0.4) is 0 Å². The number of benzene rings is 2. The summed E-state index contributed by atoms with van der Waals surface area (Å²) in [4.78, 5) is 38.5. The van der Waals surface area contributed by atoms with Crippen LogP contribution in [0.15, 0.2) is 48.5 Å². The molecule has 1 aliphatic carbocycles. The molecule has 0 aromatic heterocycles. The first-order valence-corrected chi connectivity index (χ1v) is 11.4. The lowest BCUT2D eigenvalue weighted by Gasteiger charge is -2.32. The van der Waals surface area contributed by atoms with Gasteiger partial charge in [0, 0.05) is 32.0 Å². The van der Waals surface area contributed by atoms with Gasteiger partial charge in [0.15, 0.2) is 0 Å². The summed E-state index contributed by atoms with van der Waals surface area (Å²) in [6.45, 7) is 1.45. The van der Waals surface area contributed by atoms with Crippen LogP contribution in [0, 0.1) is 5.41 Å². The molecule has 0 radical (unpaired) electrons. The molecule has 2 aliphatic rings. The van der Waals surface area contributed by atoms with E-state index in [-0.39, 0.29) is 36.8 Å². The van der Waals surface area contributed by atoms with E-state index in [1.165, 1.54) is 0 Å². The minimum absolute atomic E-state index is 0.0314. The Morgan fingerprint density at radius 1 is 1.09 bits per heavy atom. The first kappa shape index (κ1) is 23.4. The fraction of sp³-hybridized carbons (Fsp3) is 0.400. The molecular formula is C25H29N3O6. The van der Waals surface area contributed by atoms with E-state index in [2.05, 4.69) is 5.32 Å². The number of likely N-dealkylation sites (tertiary alicyclic amines) is 1. The molecule has 3 amide bonds. The van der Waals surface area contributed by atoms with Crippen molar-refractivity contribution in [2.24, 2.45) is 11.1 Å². The molecule has 180 valence electrons. The zero-order valence-electron chi connectivity index (χ0n) is 18.9. The van der Waals surface area contributed by atoms with Crippen LogP contribution in [-0.4, -0.2) is 60.1 Å². The Balaban J connectivity index is 1.27. The SMILES string of the molecule is NC(=O)C1(C(=O)NCCOc2ccccc2C(=O)N2CCC(Oc3cccc(O)c3)CC2)CC1. The number of hydrogen-bond donors (Lipinski definition) is 3. The van der Waals surface area contributed by atoms with Gasteiger partial charge in [-0.3, -0.25) is 14.4 Å². The highest BCUT2D eigenvalue weighted by Crippen LogP contribution is 2.45. The Bertz CT molecular complexity index is 1060. The van der Waals surface area contributed by atoms with Gasteiger partial charge >= 0.3 is 0 Å². The summed E-state index contributed by atoms with van der Waals surface area (Å²) in [5, 5.41) is 12.3. The minimum Gasteiger partial charge on any atom is -0.508 e. The highest BCUT2D eigenvalue weighted by atomic mass is 16.5. The lowest BCUT2D eigenvalue weighted by atomic mass is 10.1. The zero-order valence-corrected chi connectivity index (χ0v) is 18.9. The number of nitrogens with zero attached hydrogens (tertiary/aromatic N) is 1. The standard InChI is InChI=1S/C25H29N3O6/c26-23(31)25(10-11-25)24(32)27-12-15-33-21-7-2-1-6-20(21)22(30)28-13-8-18(9-14-28)34-19-5-3-4-17(29)16-19/h1-7,16,18,29H,8-15H2,(H2,26,31)(H,27,32). The van der Waals surface area contributed by atoms with Gasteiger partial charge in [-0.1, -0.05) is 18.2 Å². The average molecular weight is 468 g/mol. The number of rotatable bonds is 9. The van der Waals surface area contributed by atoms with E-state index in [1.54, 1.807) is 53.4 Å². The van der Waals surface area contributed by atoms with Crippen LogP contribution in [-0.2, 0) is 9.59 Å². The quantitative estimate of drug-likeness (QED) is 0.381. The topological polar surface area (TPSA) is 131 Å². The average Bonchev–Trinajstić information content (AvgIpc) is 3.65. The van der Waals surface area contributed by atoms with Gasteiger partial charge in [0.2, 0.25) is 11.8 Å². The first-order valence-electron chi connectivity index (χ1n) is 11.4. The number of carbonyl (C=O) groups is 3. The van der Waals surface area contributed by atoms with Crippen molar-refractivity contribution in [3.05, 3.63) is 54.1 Å². The molecule has 1 aliphatic heterocycles. The summed E-state index contributed by atoms with van der Waals surface area (Å²) in [6, 6.07) is 13.7. The number of carbonyl (C=O) groups excluding carboxylic acids is 3. The molecule has 0 atom stereocenters. The molecule has 1 saturated heterocycles. The Labute approximate surface area is 197 Å². The summed E-state index contributed by atoms with van der Waals surface area (Å²) in [6.07, 6.45) is 2.27. The molecule has 34 heavy (non-hydrogen) atoms. The third kappa shape index (κ3) is 5.24. The maximum absolute atomic E-state index is 13.1. The Morgan fingerprint density at radius 2 is 1.82 bits per heavy atom. The number of para-hydroxylation sites is 1. The van der Waals surface area contributed by atoms with E-state index < -0.39 is 11.3 Å². The van der Waals surface area contributed by atoms with E-state index in [1.807, 2.05) is 0 Å². The van der Waals surface area contributed by atoms with Crippen LogP contribution in [0.2, 0.25) is 0 Å². The van der Waals surface area contributed by atoms with Crippen molar-refractivity contribution in [3.8, 4) is 17.2 Å². The molecule has 0 bridgehead atoms. The van der Waals surface area contributed by atoms with Crippen LogP contribution >= 0.6 is 0 Å². The van der Waals surface area contributed by atoms with Gasteiger partial charge in [-0.05, 0) is 37.1 Å². The van der Waals surface area contributed by atoms with Gasteiger partial charge in [-0.2, -0.15) is 0 Å². The molecule has 4 N–H and O–H groups in total. The lowest BCUT2D eigenvalue weighted by molar-refractivity contribution is -0.135. The van der Waals surface area contributed by atoms with E-state index >= 15 is 0 Å². The molecule has 9 nitrogen and oxygen atoms in total. The minimum atomic E-state index is -1.06. The molecule has 2 aromatic rings.